The fourth-order valence-corrected chi connectivity index (χ4v) is 3.49. The van der Waals surface area contributed by atoms with Crippen molar-refractivity contribution >= 4 is 34.8 Å². The minimum Gasteiger partial charge on any atom is -0.368 e. The lowest BCUT2D eigenvalue weighted by Crippen LogP contribution is -2.51. The van der Waals surface area contributed by atoms with Gasteiger partial charge in [-0.3, -0.25) is 9.69 Å². The molecular formula is C20H23Cl2N3O. The van der Waals surface area contributed by atoms with Gasteiger partial charge in [0.2, 0.25) is 5.91 Å². The highest BCUT2D eigenvalue weighted by atomic mass is 35.5. The molecule has 0 aromatic heterocycles. The van der Waals surface area contributed by atoms with Crippen molar-refractivity contribution in [1.29, 1.82) is 0 Å². The number of carbonyl (C=O) groups excluding carboxylic acids is 1. The third-order valence-electron chi connectivity index (χ3n) is 4.58. The summed E-state index contributed by atoms with van der Waals surface area (Å²) in [7, 11) is 1.97. The van der Waals surface area contributed by atoms with Gasteiger partial charge >= 0.3 is 0 Å². The molecular weight excluding hydrogens is 369 g/mol. The zero-order chi connectivity index (χ0) is 18.5. The average Bonchev–Trinajstić information content (AvgIpc) is 2.64. The molecule has 3 rings (SSSR count). The summed E-state index contributed by atoms with van der Waals surface area (Å²) in [4.78, 5) is 18.8. The first-order valence-corrected chi connectivity index (χ1v) is 9.48. The normalized spacial score (nSPS) is 14.8. The van der Waals surface area contributed by atoms with Gasteiger partial charge in [0.05, 0.1) is 6.54 Å². The van der Waals surface area contributed by atoms with E-state index in [-0.39, 0.29) is 5.91 Å². The second-order valence-electron chi connectivity index (χ2n) is 6.65. The van der Waals surface area contributed by atoms with Crippen LogP contribution in [0.15, 0.2) is 48.5 Å². The molecule has 138 valence electrons. The van der Waals surface area contributed by atoms with Gasteiger partial charge in [-0.1, -0.05) is 41.4 Å². The summed E-state index contributed by atoms with van der Waals surface area (Å²) in [6.45, 7) is 4.27. The van der Waals surface area contributed by atoms with Gasteiger partial charge in [-0.25, -0.2) is 0 Å². The second-order valence-corrected chi connectivity index (χ2v) is 7.52. The minimum atomic E-state index is 0.173. The van der Waals surface area contributed by atoms with Crippen LogP contribution in [-0.4, -0.2) is 55.5 Å². The number of hydrogen-bond acceptors (Lipinski definition) is 3. The predicted octanol–water partition coefficient (Wildman–Crippen LogP) is 3.77. The van der Waals surface area contributed by atoms with E-state index in [1.165, 1.54) is 0 Å². The first-order chi connectivity index (χ1) is 12.5. The third-order valence-corrected chi connectivity index (χ3v) is 5.06. The quantitative estimate of drug-likeness (QED) is 0.775. The van der Waals surface area contributed by atoms with Crippen molar-refractivity contribution in [2.45, 2.75) is 6.54 Å². The van der Waals surface area contributed by atoms with E-state index in [9.17, 15) is 4.79 Å². The molecule has 0 saturated carbocycles. The maximum absolute atomic E-state index is 12.6. The van der Waals surface area contributed by atoms with Crippen LogP contribution >= 0.6 is 23.2 Å². The minimum absolute atomic E-state index is 0.173. The highest BCUT2D eigenvalue weighted by Crippen LogP contribution is 2.21. The molecule has 0 aliphatic carbocycles. The van der Waals surface area contributed by atoms with E-state index in [2.05, 4.69) is 11.0 Å². The van der Waals surface area contributed by atoms with E-state index in [0.29, 0.717) is 6.54 Å². The molecule has 1 amide bonds. The number of hydrogen-bond donors (Lipinski definition) is 0. The molecule has 1 aliphatic heterocycles. The van der Waals surface area contributed by atoms with Crippen LogP contribution in [0.4, 0.5) is 5.69 Å². The molecule has 6 heteroatoms. The Morgan fingerprint density at radius 1 is 1.00 bits per heavy atom. The van der Waals surface area contributed by atoms with Crippen molar-refractivity contribution in [2.75, 3.05) is 44.7 Å². The van der Waals surface area contributed by atoms with Crippen LogP contribution in [0.3, 0.4) is 0 Å². The first kappa shape index (κ1) is 19.0. The summed E-state index contributed by atoms with van der Waals surface area (Å²) in [5.41, 5.74) is 2.26. The molecule has 0 atom stereocenters. The number of amides is 1. The van der Waals surface area contributed by atoms with Crippen molar-refractivity contribution in [1.82, 2.24) is 9.80 Å². The van der Waals surface area contributed by atoms with Gasteiger partial charge in [-0.05, 0) is 42.9 Å². The Labute approximate surface area is 164 Å². The van der Waals surface area contributed by atoms with Crippen molar-refractivity contribution in [3.05, 3.63) is 64.1 Å². The van der Waals surface area contributed by atoms with Crippen LogP contribution in [0.5, 0.6) is 0 Å². The van der Waals surface area contributed by atoms with Gasteiger partial charge in [0, 0.05) is 48.5 Å². The van der Waals surface area contributed by atoms with Crippen LogP contribution in [0.1, 0.15) is 5.56 Å². The standard InChI is InChI=1S/C20H23Cl2N3O/c1-23(14-16-5-7-17(21)8-6-16)15-20(26)25-11-9-24(10-12-25)19-4-2-3-18(22)13-19/h2-8,13H,9-12,14-15H2,1H3. The third kappa shape index (κ3) is 5.13. The lowest BCUT2D eigenvalue weighted by molar-refractivity contribution is -0.132. The molecule has 0 N–H and O–H groups in total. The Morgan fingerprint density at radius 2 is 1.69 bits per heavy atom. The lowest BCUT2D eigenvalue weighted by Gasteiger charge is -2.36. The Balaban J connectivity index is 1.48. The Bertz CT molecular complexity index is 743. The van der Waals surface area contributed by atoms with Crippen LogP contribution in [0.25, 0.3) is 0 Å². The number of anilines is 1. The number of nitrogens with zero attached hydrogens (tertiary/aromatic N) is 3. The number of likely N-dealkylation sites (N-methyl/N-ethyl adjacent to an activating group) is 1. The summed E-state index contributed by atoms with van der Waals surface area (Å²) >= 11 is 12.0. The highest BCUT2D eigenvalue weighted by molar-refractivity contribution is 6.31. The molecule has 26 heavy (non-hydrogen) atoms. The molecule has 2 aromatic rings. The van der Waals surface area contributed by atoms with E-state index in [4.69, 9.17) is 23.2 Å². The molecule has 2 aromatic carbocycles. The fourth-order valence-electron chi connectivity index (χ4n) is 3.18. The molecule has 0 spiro atoms. The van der Waals surface area contributed by atoms with Gasteiger partial charge in [0.25, 0.3) is 0 Å². The van der Waals surface area contributed by atoms with E-state index >= 15 is 0 Å². The van der Waals surface area contributed by atoms with Gasteiger partial charge in [-0.2, -0.15) is 0 Å². The number of rotatable bonds is 5. The topological polar surface area (TPSA) is 26.8 Å². The highest BCUT2D eigenvalue weighted by Gasteiger charge is 2.22. The monoisotopic (exact) mass is 391 g/mol. The van der Waals surface area contributed by atoms with Gasteiger partial charge in [0.1, 0.15) is 0 Å². The Kier molecular flexibility index (Phi) is 6.41. The maximum Gasteiger partial charge on any atom is 0.236 e. The summed E-state index contributed by atoms with van der Waals surface area (Å²) < 4.78 is 0. The molecule has 1 fully saturated rings. The lowest BCUT2D eigenvalue weighted by atomic mass is 10.2. The van der Waals surface area contributed by atoms with Gasteiger partial charge < -0.3 is 9.80 Å². The van der Waals surface area contributed by atoms with Crippen molar-refractivity contribution < 1.29 is 4.79 Å². The van der Waals surface area contributed by atoms with Crippen molar-refractivity contribution in [3.63, 3.8) is 0 Å². The SMILES string of the molecule is CN(CC(=O)N1CCN(c2cccc(Cl)c2)CC1)Cc1ccc(Cl)cc1. The van der Waals surface area contributed by atoms with Crippen molar-refractivity contribution in [2.24, 2.45) is 0 Å². The molecule has 1 saturated heterocycles. The van der Waals surface area contributed by atoms with E-state index < -0.39 is 0 Å². The number of carbonyl (C=O) groups is 1. The van der Waals surface area contributed by atoms with Crippen LogP contribution in [0, 0.1) is 0 Å². The zero-order valence-electron chi connectivity index (χ0n) is 14.9. The number of piperazine rings is 1. The van der Waals surface area contributed by atoms with Gasteiger partial charge in [-0.15, -0.1) is 0 Å². The maximum atomic E-state index is 12.6. The van der Waals surface area contributed by atoms with E-state index in [1.807, 2.05) is 59.3 Å². The van der Waals surface area contributed by atoms with Crippen LogP contribution in [0.2, 0.25) is 10.0 Å². The summed E-state index contributed by atoms with van der Waals surface area (Å²) in [5, 5.41) is 1.47. The van der Waals surface area contributed by atoms with Gasteiger partial charge in [0.15, 0.2) is 0 Å². The molecule has 1 aliphatic rings. The summed E-state index contributed by atoms with van der Waals surface area (Å²) in [6.07, 6.45) is 0. The largest absolute Gasteiger partial charge is 0.368 e. The molecule has 4 nitrogen and oxygen atoms in total. The first-order valence-electron chi connectivity index (χ1n) is 8.72. The Hall–Kier alpha value is -1.75. The van der Waals surface area contributed by atoms with Crippen molar-refractivity contribution in [3.8, 4) is 0 Å². The zero-order valence-corrected chi connectivity index (χ0v) is 16.4. The summed E-state index contributed by atoms with van der Waals surface area (Å²) in [5.74, 6) is 0.173. The Morgan fingerprint density at radius 3 is 2.35 bits per heavy atom. The average molecular weight is 392 g/mol. The fraction of sp³-hybridized carbons (Fsp3) is 0.350. The molecule has 0 bridgehead atoms. The molecule has 0 unspecified atom stereocenters. The number of halogens is 2. The molecule has 1 heterocycles. The van der Waals surface area contributed by atoms with E-state index in [0.717, 1.165) is 54.0 Å². The van der Waals surface area contributed by atoms with Crippen LogP contribution < -0.4 is 4.90 Å². The summed E-state index contributed by atoms with van der Waals surface area (Å²) in [6, 6.07) is 15.6. The predicted molar refractivity (Wildman–Crippen MR) is 108 cm³/mol. The van der Waals surface area contributed by atoms with E-state index in [1.54, 1.807) is 0 Å². The molecule has 0 radical (unpaired) electrons. The number of benzene rings is 2. The smallest absolute Gasteiger partial charge is 0.236 e. The second kappa shape index (κ2) is 8.76. The van der Waals surface area contributed by atoms with Crippen LogP contribution in [-0.2, 0) is 11.3 Å².